The van der Waals surface area contributed by atoms with Gasteiger partial charge in [0.15, 0.2) is 0 Å². The topological polar surface area (TPSA) is 0 Å². The molecule has 38 heavy (non-hydrogen) atoms. The van der Waals surface area contributed by atoms with Crippen molar-refractivity contribution in [1.29, 1.82) is 0 Å². The van der Waals surface area contributed by atoms with E-state index in [1.54, 1.807) is 0 Å². The van der Waals surface area contributed by atoms with Gasteiger partial charge in [0.05, 0.1) is 5.41 Å². The summed E-state index contributed by atoms with van der Waals surface area (Å²) >= 11 is 3.81. The molecule has 0 N–H and O–H groups in total. The van der Waals surface area contributed by atoms with Gasteiger partial charge in [-0.15, -0.1) is 0 Å². The van der Waals surface area contributed by atoms with E-state index in [0.29, 0.717) is 0 Å². The van der Waals surface area contributed by atoms with Crippen LogP contribution in [0.5, 0.6) is 0 Å². The molecule has 0 aliphatic heterocycles. The Hall–Kier alpha value is -4.20. The first-order valence-electron chi connectivity index (χ1n) is 13.1. The lowest BCUT2D eigenvalue weighted by Gasteiger charge is -2.30. The molecule has 0 amide bonds. The molecule has 6 aromatic rings. The van der Waals surface area contributed by atoms with Crippen LogP contribution >= 0.6 is 15.9 Å². The molecular weight excluding hydrogens is 524 g/mol. The molecule has 0 bridgehead atoms. The average molecular weight is 547 g/mol. The van der Waals surface area contributed by atoms with Crippen molar-refractivity contribution in [2.24, 2.45) is 0 Å². The summed E-state index contributed by atoms with van der Waals surface area (Å²) in [6.07, 6.45) is 0. The number of rotatable bonds is 2. The molecule has 6 aromatic carbocycles. The van der Waals surface area contributed by atoms with E-state index in [4.69, 9.17) is 0 Å². The van der Waals surface area contributed by atoms with E-state index in [-0.39, 0.29) is 5.41 Å². The number of halogens is 1. The standard InChI is InChI=1S/C37H23Br/c38-35-22-21-25(23-30(35)24-11-2-1-3-12-24)26-16-10-20-34-36(26)29-15-6-9-19-33(29)37(34)31-17-7-4-13-27(31)28-14-5-8-18-32(28)37/h1-23H. The second kappa shape index (κ2) is 8.15. The molecule has 0 saturated heterocycles. The van der Waals surface area contributed by atoms with E-state index in [9.17, 15) is 0 Å². The molecule has 2 aliphatic rings. The predicted octanol–water partition coefficient (Wildman–Crippen LogP) is 10.1. The minimum atomic E-state index is -0.313. The van der Waals surface area contributed by atoms with Gasteiger partial charge in [0, 0.05) is 4.47 Å². The molecular formula is C37H23Br. The summed E-state index contributed by atoms with van der Waals surface area (Å²) in [6.45, 7) is 0. The monoisotopic (exact) mass is 546 g/mol. The Morgan fingerprint density at radius 1 is 0.368 bits per heavy atom. The van der Waals surface area contributed by atoms with Gasteiger partial charge in [-0.1, -0.05) is 143 Å². The first-order valence-corrected chi connectivity index (χ1v) is 13.9. The Balaban J connectivity index is 1.46. The van der Waals surface area contributed by atoms with E-state index in [0.717, 1.165) is 4.47 Å². The third-order valence-electron chi connectivity index (χ3n) is 8.38. The van der Waals surface area contributed by atoms with Crippen molar-refractivity contribution in [1.82, 2.24) is 0 Å². The summed E-state index contributed by atoms with van der Waals surface area (Å²) in [5.74, 6) is 0. The Morgan fingerprint density at radius 2 is 0.895 bits per heavy atom. The SMILES string of the molecule is Brc1ccc(-c2cccc3c2-c2ccccc2C32c3ccccc3-c3ccccc32)cc1-c1ccccc1. The van der Waals surface area contributed by atoms with Gasteiger partial charge in [0.2, 0.25) is 0 Å². The molecule has 0 aromatic heterocycles. The summed E-state index contributed by atoms with van der Waals surface area (Å²) in [5.41, 5.74) is 15.5. The van der Waals surface area contributed by atoms with Crippen LogP contribution in [0.4, 0.5) is 0 Å². The molecule has 8 rings (SSSR count). The number of hydrogen-bond donors (Lipinski definition) is 0. The van der Waals surface area contributed by atoms with Crippen LogP contribution in [0, 0.1) is 0 Å². The first kappa shape index (κ1) is 21.8. The molecule has 0 radical (unpaired) electrons. The Labute approximate surface area is 231 Å². The fourth-order valence-corrected chi connectivity index (χ4v) is 7.39. The summed E-state index contributed by atoms with van der Waals surface area (Å²) < 4.78 is 1.11. The van der Waals surface area contributed by atoms with Crippen molar-refractivity contribution in [2.75, 3.05) is 0 Å². The van der Waals surface area contributed by atoms with Crippen molar-refractivity contribution in [3.05, 3.63) is 166 Å². The van der Waals surface area contributed by atoms with Crippen LogP contribution in [0.2, 0.25) is 0 Å². The van der Waals surface area contributed by atoms with Crippen molar-refractivity contribution in [2.45, 2.75) is 5.41 Å². The minimum Gasteiger partial charge on any atom is -0.0622 e. The van der Waals surface area contributed by atoms with Gasteiger partial charge < -0.3 is 0 Å². The third kappa shape index (κ3) is 2.80. The zero-order valence-electron chi connectivity index (χ0n) is 20.7. The summed E-state index contributed by atoms with van der Waals surface area (Å²) in [7, 11) is 0. The Morgan fingerprint density at radius 3 is 1.58 bits per heavy atom. The lowest BCUT2D eigenvalue weighted by molar-refractivity contribution is 0.794. The second-order valence-corrected chi connectivity index (χ2v) is 11.0. The quantitative estimate of drug-likeness (QED) is 0.202. The van der Waals surface area contributed by atoms with E-state index in [1.165, 1.54) is 66.8 Å². The zero-order chi connectivity index (χ0) is 25.3. The van der Waals surface area contributed by atoms with Gasteiger partial charge in [-0.2, -0.15) is 0 Å². The van der Waals surface area contributed by atoms with E-state index in [2.05, 4.69) is 155 Å². The molecule has 0 nitrogen and oxygen atoms in total. The van der Waals surface area contributed by atoms with Crippen molar-refractivity contribution in [3.63, 3.8) is 0 Å². The van der Waals surface area contributed by atoms with Gasteiger partial charge in [0.1, 0.15) is 0 Å². The van der Waals surface area contributed by atoms with Crippen molar-refractivity contribution < 1.29 is 0 Å². The summed E-state index contributed by atoms with van der Waals surface area (Å²) in [6, 6.07) is 51.3. The molecule has 0 unspecified atom stereocenters. The highest BCUT2D eigenvalue weighted by molar-refractivity contribution is 9.10. The first-order chi connectivity index (χ1) is 18.8. The smallest absolute Gasteiger partial charge is 0.0622 e. The van der Waals surface area contributed by atoms with Gasteiger partial charge in [-0.25, -0.2) is 0 Å². The van der Waals surface area contributed by atoms with Gasteiger partial charge in [-0.3, -0.25) is 0 Å². The normalized spacial score (nSPS) is 13.6. The van der Waals surface area contributed by atoms with Crippen molar-refractivity contribution >= 4 is 15.9 Å². The number of fused-ring (bicyclic) bond motifs is 10. The van der Waals surface area contributed by atoms with E-state index >= 15 is 0 Å². The maximum Gasteiger partial charge on any atom is 0.0725 e. The van der Waals surface area contributed by atoms with Crippen LogP contribution in [0.1, 0.15) is 22.3 Å². The molecule has 0 saturated carbocycles. The molecule has 2 aliphatic carbocycles. The molecule has 1 spiro atoms. The molecule has 178 valence electrons. The molecule has 0 heterocycles. The van der Waals surface area contributed by atoms with Gasteiger partial charge in [-0.05, 0) is 78.9 Å². The summed E-state index contributed by atoms with van der Waals surface area (Å²) in [4.78, 5) is 0. The van der Waals surface area contributed by atoms with Crippen LogP contribution < -0.4 is 0 Å². The fourth-order valence-electron chi connectivity index (χ4n) is 6.92. The van der Waals surface area contributed by atoms with Crippen LogP contribution in [-0.4, -0.2) is 0 Å². The van der Waals surface area contributed by atoms with Crippen LogP contribution in [0.15, 0.2) is 144 Å². The minimum absolute atomic E-state index is 0.313. The van der Waals surface area contributed by atoms with Crippen molar-refractivity contribution in [3.8, 4) is 44.5 Å². The predicted molar refractivity (Wildman–Crippen MR) is 161 cm³/mol. The highest BCUT2D eigenvalue weighted by Crippen LogP contribution is 2.63. The lowest BCUT2D eigenvalue weighted by Crippen LogP contribution is -2.25. The Bertz CT molecular complexity index is 1830. The van der Waals surface area contributed by atoms with E-state index < -0.39 is 0 Å². The maximum atomic E-state index is 3.81. The van der Waals surface area contributed by atoms with Gasteiger partial charge >= 0.3 is 0 Å². The highest BCUT2D eigenvalue weighted by Gasteiger charge is 2.51. The summed E-state index contributed by atoms with van der Waals surface area (Å²) in [5, 5.41) is 0. The van der Waals surface area contributed by atoms with E-state index in [1.807, 2.05) is 0 Å². The van der Waals surface area contributed by atoms with Gasteiger partial charge in [0.25, 0.3) is 0 Å². The van der Waals surface area contributed by atoms with Crippen LogP contribution in [0.3, 0.4) is 0 Å². The largest absolute Gasteiger partial charge is 0.0725 e. The lowest BCUT2D eigenvalue weighted by atomic mass is 9.70. The Kier molecular flexibility index (Phi) is 4.68. The fraction of sp³-hybridized carbons (Fsp3) is 0.0270. The molecule has 0 atom stereocenters. The maximum absolute atomic E-state index is 3.81. The second-order valence-electron chi connectivity index (χ2n) is 10.2. The van der Waals surface area contributed by atoms with Crippen LogP contribution in [0.25, 0.3) is 44.5 Å². The average Bonchev–Trinajstić information content (AvgIpc) is 3.46. The highest BCUT2D eigenvalue weighted by atomic mass is 79.9. The molecule has 0 fully saturated rings. The molecule has 1 heteroatoms. The number of benzene rings is 6. The number of hydrogen-bond acceptors (Lipinski definition) is 0. The van der Waals surface area contributed by atoms with Crippen LogP contribution in [-0.2, 0) is 5.41 Å². The third-order valence-corrected chi connectivity index (χ3v) is 9.07. The zero-order valence-corrected chi connectivity index (χ0v) is 22.2.